The lowest BCUT2D eigenvalue weighted by Gasteiger charge is -2.16. The molecule has 3 aromatic rings. The number of hydrogen-bond acceptors (Lipinski definition) is 6. The third kappa shape index (κ3) is 5.79. The molecule has 0 saturated carbocycles. The van der Waals surface area contributed by atoms with Crippen molar-refractivity contribution in [2.24, 2.45) is 0 Å². The standard InChI is InChI=1S/C25H31N5O4.ClH/c1-4-30-20-8-7-9-22(33-5-2)19(20)14-21(30)24(31)28-17-10-11-23(26-15-17)27-18-12-13-29(16-18)25(32)34-6-3;/h7-11,14-15,18H,4-6,12-13,16H2,1-3H3,(H,26,27)(H,28,31);1H/t18-;/m0./s1. The number of carbonyl (C=O) groups is 2. The fourth-order valence-electron chi connectivity index (χ4n) is 4.28. The Morgan fingerprint density at radius 3 is 2.66 bits per heavy atom. The molecule has 1 saturated heterocycles. The number of halogens is 1. The van der Waals surface area contributed by atoms with E-state index in [1.807, 2.05) is 54.8 Å². The molecular formula is C25H32ClN5O4. The molecule has 0 bridgehead atoms. The van der Waals surface area contributed by atoms with Crippen molar-refractivity contribution in [3.8, 4) is 5.75 Å². The van der Waals surface area contributed by atoms with Gasteiger partial charge in [-0.2, -0.15) is 0 Å². The van der Waals surface area contributed by atoms with Crippen molar-refractivity contribution in [2.45, 2.75) is 39.8 Å². The number of hydrogen-bond donors (Lipinski definition) is 2. The van der Waals surface area contributed by atoms with Crippen LogP contribution in [0.1, 0.15) is 37.7 Å². The first-order valence-electron chi connectivity index (χ1n) is 11.7. The summed E-state index contributed by atoms with van der Waals surface area (Å²) >= 11 is 0. The van der Waals surface area contributed by atoms with Crippen LogP contribution in [0.4, 0.5) is 16.3 Å². The summed E-state index contributed by atoms with van der Waals surface area (Å²) in [6.07, 6.45) is 2.17. The van der Waals surface area contributed by atoms with Gasteiger partial charge in [0.15, 0.2) is 0 Å². The van der Waals surface area contributed by atoms with Gasteiger partial charge in [0.1, 0.15) is 17.3 Å². The SMILES string of the molecule is CCOC(=O)N1CC[C@H](Nc2ccc(NC(=O)c3cc4c(OCC)cccc4n3CC)cn2)C1.Cl. The molecule has 1 atom stereocenters. The molecule has 1 aromatic carbocycles. The highest BCUT2D eigenvalue weighted by Crippen LogP contribution is 2.29. The molecule has 3 heterocycles. The van der Waals surface area contributed by atoms with Gasteiger partial charge in [0.2, 0.25) is 0 Å². The molecule has 35 heavy (non-hydrogen) atoms. The topological polar surface area (TPSA) is 97.7 Å². The molecule has 1 aliphatic rings. The van der Waals surface area contributed by atoms with E-state index in [0.29, 0.717) is 50.0 Å². The van der Waals surface area contributed by atoms with E-state index in [0.717, 1.165) is 23.1 Å². The first-order chi connectivity index (χ1) is 16.5. The van der Waals surface area contributed by atoms with Gasteiger partial charge in [-0.25, -0.2) is 9.78 Å². The first-order valence-corrected chi connectivity index (χ1v) is 11.7. The third-order valence-electron chi connectivity index (χ3n) is 5.84. The Kier molecular flexibility index (Phi) is 8.81. The van der Waals surface area contributed by atoms with E-state index in [4.69, 9.17) is 9.47 Å². The number of benzene rings is 1. The van der Waals surface area contributed by atoms with E-state index in [1.54, 1.807) is 18.0 Å². The molecule has 2 amide bonds. The Morgan fingerprint density at radius 2 is 1.97 bits per heavy atom. The number of nitrogens with one attached hydrogen (secondary N) is 2. The number of rotatable bonds is 8. The Balaban J connectivity index is 0.00000342. The lowest BCUT2D eigenvalue weighted by atomic mass is 10.2. The van der Waals surface area contributed by atoms with E-state index in [1.165, 1.54) is 0 Å². The largest absolute Gasteiger partial charge is 0.493 e. The van der Waals surface area contributed by atoms with E-state index in [2.05, 4.69) is 15.6 Å². The minimum atomic E-state index is -0.282. The van der Waals surface area contributed by atoms with E-state index < -0.39 is 0 Å². The van der Waals surface area contributed by atoms with Crippen LogP contribution in [0.15, 0.2) is 42.6 Å². The summed E-state index contributed by atoms with van der Waals surface area (Å²) in [5, 5.41) is 7.20. The fourth-order valence-corrected chi connectivity index (χ4v) is 4.28. The van der Waals surface area contributed by atoms with Crippen molar-refractivity contribution in [2.75, 3.05) is 36.9 Å². The van der Waals surface area contributed by atoms with Crippen molar-refractivity contribution in [1.29, 1.82) is 0 Å². The molecule has 188 valence electrons. The van der Waals surface area contributed by atoms with Gasteiger partial charge in [0, 0.05) is 31.1 Å². The Labute approximate surface area is 211 Å². The number of anilines is 2. The number of aromatic nitrogens is 2. The van der Waals surface area contributed by atoms with Crippen LogP contribution in [-0.2, 0) is 11.3 Å². The first kappa shape index (κ1) is 26.2. The molecule has 0 radical (unpaired) electrons. The molecule has 10 heteroatoms. The van der Waals surface area contributed by atoms with Crippen molar-refractivity contribution in [3.05, 3.63) is 48.3 Å². The third-order valence-corrected chi connectivity index (χ3v) is 5.84. The van der Waals surface area contributed by atoms with Gasteiger partial charge in [-0.05, 0) is 57.5 Å². The van der Waals surface area contributed by atoms with Crippen LogP contribution in [0.3, 0.4) is 0 Å². The molecule has 0 aliphatic carbocycles. The number of ether oxygens (including phenoxy) is 2. The molecule has 4 rings (SSSR count). The predicted octanol–water partition coefficient (Wildman–Crippen LogP) is 4.77. The fraction of sp³-hybridized carbons (Fsp3) is 0.400. The zero-order valence-corrected chi connectivity index (χ0v) is 21.1. The highest BCUT2D eigenvalue weighted by atomic mass is 35.5. The van der Waals surface area contributed by atoms with Crippen LogP contribution in [0.2, 0.25) is 0 Å². The van der Waals surface area contributed by atoms with E-state index >= 15 is 0 Å². The highest BCUT2D eigenvalue weighted by molar-refractivity contribution is 6.07. The van der Waals surface area contributed by atoms with Gasteiger partial charge in [-0.1, -0.05) is 6.07 Å². The summed E-state index contributed by atoms with van der Waals surface area (Å²) in [6.45, 7) is 8.57. The predicted molar refractivity (Wildman–Crippen MR) is 139 cm³/mol. The number of nitrogens with zero attached hydrogens (tertiary/aromatic N) is 3. The monoisotopic (exact) mass is 501 g/mol. The minimum absolute atomic E-state index is 0. The summed E-state index contributed by atoms with van der Waals surface area (Å²) in [4.78, 5) is 31.1. The van der Waals surface area contributed by atoms with Gasteiger partial charge < -0.3 is 29.6 Å². The van der Waals surface area contributed by atoms with Crippen LogP contribution in [0, 0.1) is 0 Å². The van der Waals surface area contributed by atoms with Crippen LogP contribution >= 0.6 is 12.4 Å². The average molecular weight is 502 g/mol. The summed E-state index contributed by atoms with van der Waals surface area (Å²) < 4.78 is 12.8. The van der Waals surface area contributed by atoms with Crippen LogP contribution in [0.25, 0.3) is 10.9 Å². The molecule has 1 aliphatic heterocycles. The lowest BCUT2D eigenvalue weighted by Crippen LogP contribution is -2.32. The maximum absolute atomic E-state index is 13.1. The summed E-state index contributed by atoms with van der Waals surface area (Å²) in [5.41, 5.74) is 2.13. The zero-order chi connectivity index (χ0) is 24.1. The minimum Gasteiger partial charge on any atom is -0.493 e. The molecule has 0 unspecified atom stereocenters. The van der Waals surface area contributed by atoms with Gasteiger partial charge in [0.25, 0.3) is 5.91 Å². The number of fused-ring (bicyclic) bond motifs is 1. The molecule has 0 spiro atoms. The second-order valence-electron chi connectivity index (χ2n) is 8.06. The second kappa shape index (κ2) is 11.8. The quantitative estimate of drug-likeness (QED) is 0.461. The van der Waals surface area contributed by atoms with Gasteiger partial charge in [-0.3, -0.25) is 4.79 Å². The van der Waals surface area contributed by atoms with Crippen molar-refractivity contribution in [1.82, 2.24) is 14.5 Å². The van der Waals surface area contributed by atoms with Crippen LogP contribution in [0.5, 0.6) is 5.75 Å². The average Bonchev–Trinajstić information content (AvgIpc) is 3.46. The smallest absolute Gasteiger partial charge is 0.409 e. The van der Waals surface area contributed by atoms with Gasteiger partial charge in [-0.15, -0.1) is 12.4 Å². The van der Waals surface area contributed by atoms with Crippen molar-refractivity contribution in [3.63, 3.8) is 0 Å². The Hall–Kier alpha value is -3.46. The highest BCUT2D eigenvalue weighted by Gasteiger charge is 2.27. The van der Waals surface area contributed by atoms with Crippen molar-refractivity contribution >= 4 is 46.8 Å². The zero-order valence-electron chi connectivity index (χ0n) is 20.2. The Morgan fingerprint density at radius 1 is 1.14 bits per heavy atom. The lowest BCUT2D eigenvalue weighted by molar-refractivity contribution is 0.101. The molecule has 2 aromatic heterocycles. The normalized spacial score (nSPS) is 14.9. The summed E-state index contributed by atoms with van der Waals surface area (Å²) in [5.74, 6) is 1.26. The number of carbonyl (C=O) groups excluding carboxylic acids is 2. The molecule has 9 nitrogen and oxygen atoms in total. The molecule has 2 N–H and O–H groups in total. The summed E-state index contributed by atoms with van der Waals surface area (Å²) in [6, 6.07) is 11.5. The maximum Gasteiger partial charge on any atom is 0.409 e. The molecule has 1 fully saturated rings. The Bertz CT molecular complexity index is 1160. The van der Waals surface area contributed by atoms with Crippen LogP contribution < -0.4 is 15.4 Å². The number of aryl methyl sites for hydroxylation is 1. The second-order valence-corrected chi connectivity index (χ2v) is 8.06. The van der Waals surface area contributed by atoms with E-state index in [-0.39, 0.29) is 30.4 Å². The maximum atomic E-state index is 13.1. The summed E-state index contributed by atoms with van der Waals surface area (Å²) in [7, 11) is 0. The number of amides is 2. The van der Waals surface area contributed by atoms with Crippen molar-refractivity contribution < 1.29 is 19.1 Å². The molecular weight excluding hydrogens is 470 g/mol. The number of likely N-dealkylation sites (tertiary alicyclic amines) is 1. The van der Waals surface area contributed by atoms with Gasteiger partial charge >= 0.3 is 6.09 Å². The van der Waals surface area contributed by atoms with Crippen LogP contribution in [-0.4, -0.2) is 58.8 Å². The number of pyridine rings is 1. The van der Waals surface area contributed by atoms with E-state index in [9.17, 15) is 9.59 Å². The van der Waals surface area contributed by atoms with Gasteiger partial charge in [0.05, 0.1) is 30.6 Å².